The number of hydrogen-bond donors (Lipinski definition) is 0. The van der Waals surface area contributed by atoms with Crippen molar-refractivity contribution >= 4 is 33.5 Å². The summed E-state index contributed by atoms with van der Waals surface area (Å²) in [5, 5.41) is 2.06. The van der Waals surface area contributed by atoms with Gasteiger partial charge >= 0.3 is 0 Å². The molecular weight excluding hydrogens is 639 g/mol. The fraction of sp³-hybridized carbons (Fsp3) is 0.0652. The minimum Gasteiger partial charge on any atom is -0.455 e. The van der Waals surface area contributed by atoms with Gasteiger partial charge in [-0.05, 0) is 48.7 Å². The summed E-state index contributed by atoms with van der Waals surface area (Å²) < 4.78 is 6.40. The summed E-state index contributed by atoms with van der Waals surface area (Å²) in [4.78, 5) is 25.4. The van der Waals surface area contributed by atoms with E-state index in [0.29, 0.717) is 23.3 Å². The SMILES string of the molecule is C=CC(N=C(N=C(C)c1ccccc1)c1ccccc1)c1cc(-c2nc(-c3ccccc3)nc(-c3cccc4c3oc3ccccc34)n2)ccc1C. The van der Waals surface area contributed by atoms with Crippen molar-refractivity contribution in [1.82, 2.24) is 15.0 Å². The van der Waals surface area contributed by atoms with Crippen molar-refractivity contribution in [1.29, 1.82) is 0 Å². The van der Waals surface area contributed by atoms with Crippen LogP contribution in [0, 0.1) is 6.92 Å². The van der Waals surface area contributed by atoms with Crippen molar-refractivity contribution in [2.24, 2.45) is 9.98 Å². The molecule has 0 aliphatic heterocycles. The van der Waals surface area contributed by atoms with Gasteiger partial charge in [0.2, 0.25) is 0 Å². The summed E-state index contributed by atoms with van der Waals surface area (Å²) in [6.07, 6.45) is 1.86. The third kappa shape index (κ3) is 6.45. The third-order valence-corrected chi connectivity index (χ3v) is 9.15. The molecule has 0 fully saturated rings. The maximum Gasteiger partial charge on any atom is 0.167 e. The van der Waals surface area contributed by atoms with Crippen LogP contribution in [0.2, 0.25) is 0 Å². The van der Waals surface area contributed by atoms with Crippen molar-refractivity contribution in [3.8, 4) is 34.2 Å². The highest BCUT2D eigenvalue weighted by atomic mass is 16.3. The van der Waals surface area contributed by atoms with Gasteiger partial charge < -0.3 is 4.42 Å². The molecule has 0 saturated heterocycles. The number of nitrogens with zero attached hydrogens (tertiary/aromatic N) is 5. The number of fused-ring (bicyclic) bond motifs is 3. The van der Waals surface area contributed by atoms with E-state index in [0.717, 1.165) is 66.6 Å². The third-order valence-electron chi connectivity index (χ3n) is 9.15. The Bertz CT molecular complexity index is 2610. The van der Waals surface area contributed by atoms with Crippen LogP contribution in [-0.2, 0) is 0 Å². The van der Waals surface area contributed by atoms with Crippen LogP contribution < -0.4 is 0 Å². The van der Waals surface area contributed by atoms with Gasteiger partial charge in [0.1, 0.15) is 11.2 Å². The number of para-hydroxylation sites is 2. The van der Waals surface area contributed by atoms with E-state index in [9.17, 15) is 0 Å². The predicted molar refractivity (Wildman–Crippen MR) is 213 cm³/mol. The molecule has 8 rings (SSSR count). The largest absolute Gasteiger partial charge is 0.455 e. The number of aryl methyl sites for hydroxylation is 1. The zero-order valence-electron chi connectivity index (χ0n) is 28.9. The molecule has 6 aromatic carbocycles. The second kappa shape index (κ2) is 14.2. The predicted octanol–water partition coefficient (Wildman–Crippen LogP) is 11.3. The van der Waals surface area contributed by atoms with Gasteiger partial charge in [-0.15, -0.1) is 6.58 Å². The van der Waals surface area contributed by atoms with Gasteiger partial charge in [-0.3, -0.25) is 4.99 Å². The first-order valence-corrected chi connectivity index (χ1v) is 17.3. The first kappa shape index (κ1) is 32.4. The van der Waals surface area contributed by atoms with Crippen LogP contribution in [0.25, 0.3) is 56.1 Å². The number of hydrogen-bond acceptors (Lipinski definition) is 5. The molecule has 0 saturated carbocycles. The standard InChI is InChI=1S/C46H35N5O/c1-4-40(48-43(33-19-10-6-11-20-33)47-31(3)32-17-8-5-9-18-32)39-29-35(28-27-30(39)2)45-49-44(34-21-12-7-13-22-34)50-46(51-45)38-25-16-24-37-36-23-14-15-26-41(36)52-42(37)38/h4-29,40H,1H2,2-3H3. The maximum atomic E-state index is 6.40. The van der Waals surface area contributed by atoms with Gasteiger partial charge in [-0.25, -0.2) is 19.9 Å². The molecular formula is C46H35N5O. The lowest BCUT2D eigenvalue weighted by molar-refractivity contribution is 0.669. The van der Waals surface area contributed by atoms with Crippen LogP contribution in [0.1, 0.15) is 35.2 Å². The van der Waals surface area contributed by atoms with Crippen molar-refractivity contribution in [2.75, 3.05) is 0 Å². The Hall–Kier alpha value is -6.79. The van der Waals surface area contributed by atoms with E-state index in [-0.39, 0.29) is 6.04 Å². The molecule has 1 unspecified atom stereocenters. The van der Waals surface area contributed by atoms with Crippen LogP contribution in [0.5, 0.6) is 0 Å². The lowest BCUT2D eigenvalue weighted by atomic mass is 9.98. The zero-order valence-corrected chi connectivity index (χ0v) is 28.9. The summed E-state index contributed by atoms with van der Waals surface area (Å²) in [6.45, 7) is 8.31. The highest BCUT2D eigenvalue weighted by Crippen LogP contribution is 2.36. The van der Waals surface area contributed by atoms with Gasteiger partial charge in [-0.1, -0.05) is 140 Å². The van der Waals surface area contributed by atoms with E-state index in [1.165, 1.54) is 0 Å². The summed E-state index contributed by atoms with van der Waals surface area (Å²) in [6, 6.07) is 50.2. The summed E-state index contributed by atoms with van der Waals surface area (Å²) in [7, 11) is 0. The molecule has 1 atom stereocenters. The Labute approximate surface area is 302 Å². The molecule has 8 aromatic rings. The Morgan fingerprint density at radius 2 is 1.25 bits per heavy atom. The summed E-state index contributed by atoms with van der Waals surface area (Å²) in [5.74, 6) is 2.29. The fourth-order valence-electron chi connectivity index (χ4n) is 6.40. The number of amidine groups is 1. The molecule has 250 valence electrons. The van der Waals surface area contributed by atoms with Crippen molar-refractivity contribution in [2.45, 2.75) is 19.9 Å². The molecule has 52 heavy (non-hydrogen) atoms. The zero-order chi connectivity index (χ0) is 35.4. The number of benzene rings is 6. The second-order valence-electron chi connectivity index (χ2n) is 12.6. The molecule has 2 aromatic heterocycles. The van der Waals surface area contributed by atoms with Crippen molar-refractivity contribution in [3.63, 3.8) is 0 Å². The van der Waals surface area contributed by atoms with E-state index in [1.54, 1.807) is 0 Å². The molecule has 2 heterocycles. The first-order chi connectivity index (χ1) is 25.6. The molecule has 0 aliphatic carbocycles. The van der Waals surface area contributed by atoms with Crippen molar-refractivity contribution < 1.29 is 4.42 Å². The lowest BCUT2D eigenvalue weighted by Gasteiger charge is -2.16. The van der Waals surface area contributed by atoms with Crippen LogP contribution in [-0.4, -0.2) is 26.5 Å². The summed E-state index contributed by atoms with van der Waals surface area (Å²) >= 11 is 0. The topological polar surface area (TPSA) is 76.5 Å². The first-order valence-electron chi connectivity index (χ1n) is 17.3. The van der Waals surface area contributed by atoms with E-state index in [2.05, 4.69) is 49.9 Å². The van der Waals surface area contributed by atoms with Gasteiger partial charge in [0.25, 0.3) is 0 Å². The van der Waals surface area contributed by atoms with Gasteiger partial charge in [0.15, 0.2) is 23.3 Å². The van der Waals surface area contributed by atoms with E-state index < -0.39 is 0 Å². The normalized spacial score (nSPS) is 12.7. The minimum atomic E-state index is -0.387. The molecule has 0 spiro atoms. The monoisotopic (exact) mass is 673 g/mol. The van der Waals surface area contributed by atoms with Gasteiger partial charge in [0.05, 0.1) is 11.6 Å². The van der Waals surface area contributed by atoms with Crippen LogP contribution >= 0.6 is 0 Å². The quantitative estimate of drug-likeness (QED) is 0.0914. The average Bonchev–Trinajstić information content (AvgIpc) is 3.59. The molecule has 0 aliphatic rings. The average molecular weight is 674 g/mol. The Morgan fingerprint density at radius 3 is 1.98 bits per heavy atom. The van der Waals surface area contributed by atoms with Gasteiger partial charge in [0, 0.05) is 33.2 Å². The number of furan rings is 1. The molecule has 0 N–H and O–H groups in total. The van der Waals surface area contributed by atoms with E-state index in [1.807, 2.05) is 128 Å². The van der Waals surface area contributed by atoms with Crippen LogP contribution in [0.3, 0.4) is 0 Å². The second-order valence-corrected chi connectivity index (χ2v) is 12.6. The molecule has 0 amide bonds. The van der Waals surface area contributed by atoms with E-state index >= 15 is 0 Å². The number of aromatic nitrogens is 3. The van der Waals surface area contributed by atoms with Crippen molar-refractivity contribution in [3.05, 3.63) is 187 Å². The molecule has 6 nitrogen and oxygen atoms in total. The number of rotatable bonds is 8. The minimum absolute atomic E-state index is 0.387. The Balaban J connectivity index is 1.27. The summed E-state index contributed by atoms with van der Waals surface area (Å²) in [5.41, 5.74) is 8.98. The van der Waals surface area contributed by atoms with Crippen LogP contribution in [0.15, 0.2) is 179 Å². The van der Waals surface area contributed by atoms with Gasteiger partial charge in [-0.2, -0.15) is 0 Å². The lowest BCUT2D eigenvalue weighted by Crippen LogP contribution is -2.07. The Morgan fingerprint density at radius 1 is 0.635 bits per heavy atom. The number of aliphatic imine (C=N–C) groups is 2. The molecule has 0 radical (unpaired) electrons. The smallest absolute Gasteiger partial charge is 0.167 e. The fourth-order valence-corrected chi connectivity index (χ4v) is 6.40. The highest BCUT2D eigenvalue weighted by molar-refractivity contribution is 6.11. The Kier molecular flexibility index (Phi) is 8.86. The molecule has 0 bridgehead atoms. The molecule has 6 heteroatoms. The highest BCUT2D eigenvalue weighted by Gasteiger charge is 2.19. The van der Waals surface area contributed by atoms with Crippen LogP contribution in [0.4, 0.5) is 0 Å². The van der Waals surface area contributed by atoms with E-state index in [4.69, 9.17) is 29.4 Å². The maximum absolute atomic E-state index is 6.40.